The van der Waals surface area contributed by atoms with Crippen molar-refractivity contribution in [3.63, 3.8) is 0 Å². The average molecular weight is 324 g/mol. The number of rotatable bonds is 4. The Bertz CT molecular complexity index is 557. The van der Waals surface area contributed by atoms with Crippen LogP contribution in [0.15, 0.2) is 46.9 Å². The molecule has 0 aromatic heterocycles. The highest BCUT2D eigenvalue weighted by Gasteiger charge is 2.11. The molecule has 1 atom stereocenters. The molecule has 2 aromatic rings. The third-order valence-corrected chi connectivity index (χ3v) is 3.41. The van der Waals surface area contributed by atoms with Crippen molar-refractivity contribution in [1.82, 2.24) is 5.32 Å². The van der Waals surface area contributed by atoms with Crippen LogP contribution in [0, 0.1) is 5.82 Å². The fraction of sp³-hybridized carbons (Fsp3) is 0.200. The minimum Gasteiger partial charge on any atom is -0.457 e. The summed E-state index contributed by atoms with van der Waals surface area (Å²) >= 11 is 3.43. The van der Waals surface area contributed by atoms with E-state index in [0.29, 0.717) is 5.75 Å². The number of benzene rings is 2. The first-order chi connectivity index (χ1) is 9.10. The quantitative estimate of drug-likeness (QED) is 0.883. The molecule has 0 saturated heterocycles. The van der Waals surface area contributed by atoms with Gasteiger partial charge in [0.25, 0.3) is 0 Å². The van der Waals surface area contributed by atoms with E-state index in [4.69, 9.17) is 4.74 Å². The predicted octanol–water partition coefficient (Wildman–Crippen LogP) is 4.66. The standard InChI is InChI=1S/C15H15BrFNO/c1-10(18-2)14-8-3-11(16)9-15(14)19-13-6-4-12(17)5-7-13/h3-10,18H,1-2H3. The second kappa shape index (κ2) is 6.17. The summed E-state index contributed by atoms with van der Waals surface area (Å²) in [7, 11) is 1.90. The highest BCUT2D eigenvalue weighted by atomic mass is 79.9. The molecule has 0 amide bonds. The largest absolute Gasteiger partial charge is 0.457 e. The molecular weight excluding hydrogens is 309 g/mol. The monoisotopic (exact) mass is 323 g/mol. The third kappa shape index (κ3) is 3.55. The van der Waals surface area contributed by atoms with Crippen LogP contribution in [0.25, 0.3) is 0 Å². The smallest absolute Gasteiger partial charge is 0.133 e. The van der Waals surface area contributed by atoms with Crippen LogP contribution >= 0.6 is 15.9 Å². The van der Waals surface area contributed by atoms with E-state index < -0.39 is 0 Å². The van der Waals surface area contributed by atoms with E-state index in [1.807, 2.05) is 25.2 Å². The molecule has 0 aliphatic carbocycles. The summed E-state index contributed by atoms with van der Waals surface area (Å²) in [6.07, 6.45) is 0. The predicted molar refractivity (Wildman–Crippen MR) is 78.1 cm³/mol. The number of hydrogen-bond acceptors (Lipinski definition) is 2. The van der Waals surface area contributed by atoms with Crippen LogP contribution < -0.4 is 10.1 Å². The van der Waals surface area contributed by atoms with Crippen LogP contribution in [0.2, 0.25) is 0 Å². The van der Waals surface area contributed by atoms with E-state index in [1.54, 1.807) is 12.1 Å². The highest BCUT2D eigenvalue weighted by Crippen LogP contribution is 2.32. The molecule has 2 rings (SSSR count). The maximum Gasteiger partial charge on any atom is 0.133 e. The van der Waals surface area contributed by atoms with Gasteiger partial charge in [0.2, 0.25) is 0 Å². The summed E-state index contributed by atoms with van der Waals surface area (Å²) in [4.78, 5) is 0. The summed E-state index contributed by atoms with van der Waals surface area (Å²) in [6.45, 7) is 2.06. The molecule has 100 valence electrons. The molecule has 19 heavy (non-hydrogen) atoms. The van der Waals surface area contributed by atoms with Crippen molar-refractivity contribution in [3.8, 4) is 11.5 Å². The Morgan fingerprint density at radius 3 is 2.47 bits per heavy atom. The SMILES string of the molecule is CNC(C)c1ccc(Br)cc1Oc1ccc(F)cc1. The van der Waals surface area contributed by atoms with Crippen LogP contribution in [0.4, 0.5) is 4.39 Å². The molecular formula is C15H15BrFNO. The molecule has 2 nitrogen and oxygen atoms in total. The summed E-state index contributed by atoms with van der Waals surface area (Å²) in [6, 6.07) is 12.1. The molecule has 4 heteroatoms. The van der Waals surface area contributed by atoms with Crippen molar-refractivity contribution >= 4 is 15.9 Å². The molecule has 2 aromatic carbocycles. The highest BCUT2D eigenvalue weighted by molar-refractivity contribution is 9.10. The van der Waals surface area contributed by atoms with Gasteiger partial charge in [0.1, 0.15) is 17.3 Å². The summed E-state index contributed by atoms with van der Waals surface area (Å²) < 4.78 is 19.7. The van der Waals surface area contributed by atoms with Gasteiger partial charge < -0.3 is 10.1 Å². The van der Waals surface area contributed by atoms with Crippen molar-refractivity contribution in [2.24, 2.45) is 0 Å². The Hall–Kier alpha value is -1.39. The molecule has 1 N–H and O–H groups in total. The zero-order valence-corrected chi connectivity index (χ0v) is 12.4. The first-order valence-corrected chi connectivity index (χ1v) is 6.79. The fourth-order valence-electron chi connectivity index (χ4n) is 1.74. The maximum atomic E-state index is 12.9. The Balaban J connectivity index is 2.32. The van der Waals surface area contributed by atoms with Gasteiger partial charge in [0, 0.05) is 16.1 Å². The molecule has 0 heterocycles. The second-order valence-corrected chi connectivity index (χ2v) is 5.16. The van der Waals surface area contributed by atoms with Crippen molar-refractivity contribution in [2.45, 2.75) is 13.0 Å². The van der Waals surface area contributed by atoms with Gasteiger partial charge in [-0.2, -0.15) is 0 Å². The number of ether oxygens (including phenoxy) is 1. The van der Waals surface area contributed by atoms with E-state index in [9.17, 15) is 4.39 Å². The molecule has 1 unspecified atom stereocenters. The molecule has 0 aliphatic heterocycles. The molecule has 0 fully saturated rings. The summed E-state index contributed by atoms with van der Waals surface area (Å²) in [5.74, 6) is 1.09. The van der Waals surface area contributed by atoms with Crippen molar-refractivity contribution in [1.29, 1.82) is 0 Å². The first kappa shape index (κ1) is 14.0. The Morgan fingerprint density at radius 1 is 1.16 bits per heavy atom. The lowest BCUT2D eigenvalue weighted by Crippen LogP contribution is -2.13. The lowest BCUT2D eigenvalue weighted by molar-refractivity contribution is 0.464. The zero-order chi connectivity index (χ0) is 13.8. The van der Waals surface area contributed by atoms with Crippen molar-refractivity contribution < 1.29 is 9.13 Å². The fourth-order valence-corrected chi connectivity index (χ4v) is 2.08. The maximum absolute atomic E-state index is 12.9. The van der Waals surface area contributed by atoms with Gasteiger partial charge >= 0.3 is 0 Å². The average Bonchev–Trinajstić information content (AvgIpc) is 2.41. The van der Waals surface area contributed by atoms with Gasteiger partial charge in [-0.25, -0.2) is 4.39 Å². The van der Waals surface area contributed by atoms with Gasteiger partial charge in [-0.05, 0) is 50.4 Å². The van der Waals surface area contributed by atoms with Gasteiger partial charge in [-0.1, -0.05) is 22.0 Å². The van der Waals surface area contributed by atoms with Crippen molar-refractivity contribution in [2.75, 3.05) is 7.05 Å². The zero-order valence-electron chi connectivity index (χ0n) is 10.8. The molecule has 0 saturated carbocycles. The van der Waals surface area contributed by atoms with Gasteiger partial charge in [0.15, 0.2) is 0 Å². The van der Waals surface area contributed by atoms with Crippen LogP contribution in [-0.2, 0) is 0 Å². The van der Waals surface area contributed by atoms with Crippen molar-refractivity contribution in [3.05, 3.63) is 58.3 Å². The Labute approximate surface area is 120 Å². The van der Waals surface area contributed by atoms with Crippen LogP contribution in [-0.4, -0.2) is 7.05 Å². The summed E-state index contributed by atoms with van der Waals surface area (Å²) in [5.41, 5.74) is 1.05. The first-order valence-electron chi connectivity index (χ1n) is 6.00. The Morgan fingerprint density at radius 2 is 1.84 bits per heavy atom. The van der Waals surface area contributed by atoms with E-state index in [-0.39, 0.29) is 11.9 Å². The van der Waals surface area contributed by atoms with E-state index in [0.717, 1.165) is 15.8 Å². The number of hydrogen-bond donors (Lipinski definition) is 1. The van der Waals surface area contributed by atoms with Crippen LogP contribution in [0.1, 0.15) is 18.5 Å². The second-order valence-electron chi connectivity index (χ2n) is 4.25. The summed E-state index contributed by atoms with van der Waals surface area (Å²) in [5, 5.41) is 3.18. The molecule has 0 radical (unpaired) electrons. The van der Waals surface area contributed by atoms with Crippen LogP contribution in [0.3, 0.4) is 0 Å². The third-order valence-electron chi connectivity index (χ3n) is 2.92. The van der Waals surface area contributed by atoms with Gasteiger partial charge in [-0.15, -0.1) is 0 Å². The van der Waals surface area contributed by atoms with E-state index in [2.05, 4.69) is 28.2 Å². The Kier molecular flexibility index (Phi) is 4.56. The van der Waals surface area contributed by atoms with Gasteiger partial charge in [0.05, 0.1) is 0 Å². The molecule has 0 bridgehead atoms. The lowest BCUT2D eigenvalue weighted by Gasteiger charge is -2.16. The topological polar surface area (TPSA) is 21.3 Å². The lowest BCUT2D eigenvalue weighted by atomic mass is 10.1. The normalized spacial score (nSPS) is 12.2. The number of halogens is 2. The van der Waals surface area contributed by atoms with Gasteiger partial charge in [-0.3, -0.25) is 0 Å². The van der Waals surface area contributed by atoms with E-state index in [1.165, 1.54) is 12.1 Å². The minimum absolute atomic E-state index is 0.170. The van der Waals surface area contributed by atoms with Crippen LogP contribution in [0.5, 0.6) is 11.5 Å². The number of nitrogens with one attached hydrogen (secondary N) is 1. The molecule has 0 spiro atoms. The van der Waals surface area contributed by atoms with E-state index >= 15 is 0 Å². The minimum atomic E-state index is -0.273. The molecule has 0 aliphatic rings.